The van der Waals surface area contributed by atoms with Crippen molar-refractivity contribution < 1.29 is 29.0 Å². The molecule has 0 aliphatic carbocycles. The van der Waals surface area contributed by atoms with E-state index in [1.54, 1.807) is 27.7 Å². The summed E-state index contributed by atoms with van der Waals surface area (Å²) in [7, 11) is 0. The number of aliphatic carboxylic acids is 1. The first-order valence-electron chi connectivity index (χ1n) is 6.61. The number of carboxylic acid groups (broad SMARTS) is 1. The third-order valence-corrected chi connectivity index (χ3v) is 3.07. The molecule has 0 bridgehead atoms. The van der Waals surface area contributed by atoms with Crippen molar-refractivity contribution in [3.8, 4) is 0 Å². The molecule has 0 fully saturated rings. The van der Waals surface area contributed by atoms with E-state index in [1.807, 2.05) is 0 Å². The fraction of sp³-hybridized carbons (Fsp3) is 0.769. The van der Waals surface area contributed by atoms with E-state index >= 15 is 0 Å². The molecule has 2 N–H and O–H groups in total. The number of alkyl carbamates (subject to hydrolysis) is 1. The van der Waals surface area contributed by atoms with Crippen molar-refractivity contribution >= 4 is 29.8 Å². The van der Waals surface area contributed by atoms with E-state index in [4.69, 9.17) is 14.6 Å². The molecule has 8 heteroatoms. The summed E-state index contributed by atoms with van der Waals surface area (Å²) in [5, 5.41) is 11.0. The quantitative estimate of drug-likeness (QED) is 0.517. The third kappa shape index (κ3) is 10.9. The molecule has 0 spiro atoms. The molecule has 0 heterocycles. The number of rotatable bonds is 8. The van der Waals surface area contributed by atoms with Crippen LogP contribution in [0.3, 0.4) is 0 Å². The summed E-state index contributed by atoms with van der Waals surface area (Å²) < 4.78 is 9.95. The van der Waals surface area contributed by atoms with Crippen molar-refractivity contribution in [1.29, 1.82) is 0 Å². The number of esters is 1. The summed E-state index contributed by atoms with van der Waals surface area (Å²) in [6.45, 7) is 7.01. The van der Waals surface area contributed by atoms with Crippen molar-refractivity contribution in [3.05, 3.63) is 0 Å². The average Bonchev–Trinajstić information content (AvgIpc) is 2.30. The van der Waals surface area contributed by atoms with Gasteiger partial charge in [-0.2, -0.15) is 11.8 Å². The molecular formula is C13H23NO6S. The number of ether oxygens (including phenoxy) is 2. The van der Waals surface area contributed by atoms with Crippen LogP contribution in [0.2, 0.25) is 0 Å². The first-order valence-corrected chi connectivity index (χ1v) is 7.77. The van der Waals surface area contributed by atoms with Crippen LogP contribution in [0.15, 0.2) is 0 Å². The molecular weight excluding hydrogens is 298 g/mol. The maximum absolute atomic E-state index is 11.8. The van der Waals surface area contributed by atoms with Gasteiger partial charge in [0, 0.05) is 11.5 Å². The lowest BCUT2D eigenvalue weighted by atomic mass is 10.2. The number of nitrogens with one attached hydrogen (secondary N) is 1. The standard InChI is InChI=1S/C13H23NO6S/c1-5-19-11(17)9(8-21-7-6-10(15)16)14-12(18)20-13(2,3)4/h9H,5-8H2,1-4H3,(H,14,18)(H,15,16)/t9-/m1/s1. The van der Waals surface area contributed by atoms with Crippen LogP contribution in [0.25, 0.3) is 0 Å². The highest BCUT2D eigenvalue weighted by Crippen LogP contribution is 2.10. The molecule has 0 saturated heterocycles. The molecule has 0 aliphatic heterocycles. The van der Waals surface area contributed by atoms with Crippen molar-refractivity contribution in [2.24, 2.45) is 0 Å². The minimum atomic E-state index is -0.907. The minimum absolute atomic E-state index is 0.00729. The zero-order chi connectivity index (χ0) is 16.5. The lowest BCUT2D eigenvalue weighted by Crippen LogP contribution is -2.45. The van der Waals surface area contributed by atoms with E-state index in [-0.39, 0.29) is 18.8 Å². The van der Waals surface area contributed by atoms with Crippen LogP contribution in [0.5, 0.6) is 0 Å². The molecule has 7 nitrogen and oxygen atoms in total. The lowest BCUT2D eigenvalue weighted by molar-refractivity contribution is -0.145. The van der Waals surface area contributed by atoms with Gasteiger partial charge in [0.1, 0.15) is 11.6 Å². The summed E-state index contributed by atoms with van der Waals surface area (Å²) in [6, 6.07) is -0.862. The summed E-state index contributed by atoms with van der Waals surface area (Å²) in [6.07, 6.45) is -0.716. The molecule has 0 unspecified atom stereocenters. The average molecular weight is 321 g/mol. The number of hydrogen-bond acceptors (Lipinski definition) is 6. The Labute approximate surface area is 128 Å². The second-order valence-electron chi connectivity index (χ2n) is 5.17. The monoisotopic (exact) mass is 321 g/mol. The number of carboxylic acids is 1. The smallest absolute Gasteiger partial charge is 0.408 e. The van der Waals surface area contributed by atoms with Gasteiger partial charge in [-0.25, -0.2) is 9.59 Å². The number of hydrogen-bond donors (Lipinski definition) is 2. The summed E-state index contributed by atoms with van der Waals surface area (Å²) in [5.41, 5.74) is -0.667. The van der Waals surface area contributed by atoms with Crippen LogP contribution in [0, 0.1) is 0 Å². The molecule has 0 aromatic heterocycles. The van der Waals surface area contributed by atoms with Crippen LogP contribution < -0.4 is 5.32 Å². The van der Waals surface area contributed by atoms with Gasteiger partial charge in [0.15, 0.2) is 0 Å². The van der Waals surface area contributed by atoms with Crippen molar-refractivity contribution in [3.63, 3.8) is 0 Å². The van der Waals surface area contributed by atoms with Gasteiger partial charge in [0.2, 0.25) is 0 Å². The van der Waals surface area contributed by atoms with Gasteiger partial charge in [-0.1, -0.05) is 0 Å². The number of carbonyl (C=O) groups excluding carboxylic acids is 2. The van der Waals surface area contributed by atoms with Gasteiger partial charge >= 0.3 is 18.0 Å². The molecule has 0 aliphatic rings. The van der Waals surface area contributed by atoms with E-state index in [9.17, 15) is 14.4 Å². The van der Waals surface area contributed by atoms with E-state index < -0.39 is 29.7 Å². The highest BCUT2D eigenvalue weighted by Gasteiger charge is 2.25. The number of carbonyl (C=O) groups is 3. The Morgan fingerprint density at radius 3 is 2.38 bits per heavy atom. The topological polar surface area (TPSA) is 102 Å². The van der Waals surface area contributed by atoms with Crippen molar-refractivity contribution in [1.82, 2.24) is 5.32 Å². The zero-order valence-corrected chi connectivity index (χ0v) is 13.6. The van der Waals surface area contributed by atoms with Crippen LogP contribution in [-0.2, 0) is 19.1 Å². The summed E-state index contributed by atoms with van der Waals surface area (Å²) in [5.74, 6) is -0.895. The van der Waals surface area contributed by atoms with Crippen LogP contribution in [0.4, 0.5) is 4.79 Å². The molecule has 0 aromatic carbocycles. The maximum Gasteiger partial charge on any atom is 0.408 e. The van der Waals surface area contributed by atoms with Gasteiger partial charge in [0.25, 0.3) is 0 Å². The number of thioether (sulfide) groups is 1. The molecule has 0 rings (SSSR count). The Morgan fingerprint density at radius 1 is 1.29 bits per heavy atom. The second kappa shape index (κ2) is 9.49. The summed E-state index contributed by atoms with van der Waals surface area (Å²) in [4.78, 5) is 33.8. The fourth-order valence-electron chi connectivity index (χ4n) is 1.22. The van der Waals surface area contributed by atoms with Crippen LogP contribution in [0.1, 0.15) is 34.1 Å². The zero-order valence-electron chi connectivity index (χ0n) is 12.8. The van der Waals surface area contributed by atoms with Crippen molar-refractivity contribution in [2.45, 2.75) is 45.8 Å². The summed E-state index contributed by atoms with van der Waals surface area (Å²) >= 11 is 1.25. The molecule has 0 aromatic rings. The van der Waals surface area contributed by atoms with E-state index in [1.165, 1.54) is 11.8 Å². The second-order valence-corrected chi connectivity index (χ2v) is 6.32. The number of amides is 1. The van der Waals surface area contributed by atoms with Gasteiger partial charge in [-0.05, 0) is 27.7 Å². The first kappa shape index (κ1) is 19.6. The minimum Gasteiger partial charge on any atom is -0.481 e. The normalized spacial score (nSPS) is 12.4. The van der Waals surface area contributed by atoms with Crippen molar-refractivity contribution in [2.75, 3.05) is 18.1 Å². The highest BCUT2D eigenvalue weighted by atomic mass is 32.2. The third-order valence-electron chi connectivity index (χ3n) is 2.01. The molecule has 0 radical (unpaired) electrons. The SMILES string of the molecule is CCOC(=O)[C@@H](CSCCC(=O)O)NC(=O)OC(C)(C)C. The molecule has 1 amide bonds. The van der Waals surface area contributed by atoms with Crippen LogP contribution >= 0.6 is 11.8 Å². The maximum atomic E-state index is 11.8. The van der Waals surface area contributed by atoms with Gasteiger partial charge in [0.05, 0.1) is 13.0 Å². The van der Waals surface area contributed by atoms with Gasteiger partial charge in [-0.15, -0.1) is 0 Å². The Balaban J connectivity index is 4.42. The van der Waals surface area contributed by atoms with E-state index in [2.05, 4.69) is 5.32 Å². The van der Waals surface area contributed by atoms with Gasteiger partial charge < -0.3 is 19.9 Å². The predicted octanol–water partition coefficient (Wildman–Crippen LogP) is 1.65. The largest absolute Gasteiger partial charge is 0.481 e. The molecule has 21 heavy (non-hydrogen) atoms. The predicted molar refractivity (Wildman–Crippen MR) is 79.4 cm³/mol. The highest BCUT2D eigenvalue weighted by molar-refractivity contribution is 7.99. The fourth-order valence-corrected chi connectivity index (χ4v) is 2.16. The van der Waals surface area contributed by atoms with Gasteiger partial charge in [-0.3, -0.25) is 4.79 Å². The Bertz CT molecular complexity index is 366. The Morgan fingerprint density at radius 2 is 1.90 bits per heavy atom. The molecule has 122 valence electrons. The Hall–Kier alpha value is -1.44. The molecule has 0 saturated carbocycles. The van der Waals surface area contributed by atoms with E-state index in [0.717, 1.165) is 0 Å². The lowest BCUT2D eigenvalue weighted by Gasteiger charge is -2.22. The first-order chi connectivity index (χ1) is 9.65. The Kier molecular flexibility index (Phi) is 8.84. The van der Waals surface area contributed by atoms with Crippen LogP contribution in [-0.4, -0.2) is 52.9 Å². The molecule has 1 atom stereocenters. The van der Waals surface area contributed by atoms with E-state index in [0.29, 0.717) is 5.75 Å².